The van der Waals surface area contributed by atoms with Crippen LogP contribution in [0.3, 0.4) is 0 Å². The molecular formula is C23H26N4O7S. The zero-order valence-corrected chi connectivity index (χ0v) is 20.1. The number of sulfone groups is 1. The SMILES string of the molecule is COC(=O)N=C(NC(=O)OC)Nc1ccc(S(=O)(=O)c2ccccc2)cc1NC(=O)C1CCCC1. The van der Waals surface area contributed by atoms with Crippen LogP contribution < -0.4 is 16.0 Å². The summed E-state index contributed by atoms with van der Waals surface area (Å²) in [7, 11) is -1.64. The highest BCUT2D eigenvalue weighted by molar-refractivity contribution is 7.91. The molecule has 1 aliphatic carbocycles. The van der Waals surface area contributed by atoms with Crippen molar-refractivity contribution in [3.63, 3.8) is 0 Å². The molecule has 2 aromatic carbocycles. The van der Waals surface area contributed by atoms with E-state index in [0.717, 1.165) is 39.9 Å². The number of methoxy groups -OCH3 is 2. The topological polar surface area (TPSA) is 152 Å². The Morgan fingerprint density at radius 3 is 2.20 bits per heavy atom. The van der Waals surface area contributed by atoms with E-state index in [1.807, 2.05) is 0 Å². The number of nitrogens with one attached hydrogen (secondary N) is 3. The third kappa shape index (κ3) is 6.57. The van der Waals surface area contributed by atoms with Gasteiger partial charge in [-0.25, -0.2) is 18.0 Å². The van der Waals surface area contributed by atoms with Crippen molar-refractivity contribution in [3.8, 4) is 0 Å². The fourth-order valence-electron chi connectivity index (χ4n) is 3.56. The van der Waals surface area contributed by atoms with Gasteiger partial charge in [0.05, 0.1) is 35.4 Å². The molecule has 186 valence electrons. The molecule has 0 bridgehead atoms. The number of rotatable bonds is 5. The monoisotopic (exact) mass is 502 g/mol. The van der Waals surface area contributed by atoms with Crippen LogP contribution >= 0.6 is 0 Å². The van der Waals surface area contributed by atoms with Crippen molar-refractivity contribution >= 4 is 45.3 Å². The van der Waals surface area contributed by atoms with E-state index in [-0.39, 0.29) is 39.0 Å². The number of nitrogens with zero attached hydrogens (tertiary/aromatic N) is 1. The summed E-state index contributed by atoms with van der Waals surface area (Å²) in [5, 5.41) is 7.73. The average Bonchev–Trinajstić information content (AvgIpc) is 3.40. The van der Waals surface area contributed by atoms with Crippen LogP contribution in [0.5, 0.6) is 0 Å². The summed E-state index contributed by atoms with van der Waals surface area (Å²) in [5.74, 6) is -0.806. The van der Waals surface area contributed by atoms with Crippen LogP contribution in [0.2, 0.25) is 0 Å². The van der Waals surface area contributed by atoms with Crippen molar-refractivity contribution in [1.82, 2.24) is 5.32 Å². The highest BCUT2D eigenvalue weighted by atomic mass is 32.2. The van der Waals surface area contributed by atoms with Crippen LogP contribution in [0.15, 0.2) is 63.3 Å². The average molecular weight is 503 g/mol. The predicted octanol–water partition coefficient (Wildman–Crippen LogP) is 3.54. The van der Waals surface area contributed by atoms with Gasteiger partial charge in [-0.2, -0.15) is 0 Å². The van der Waals surface area contributed by atoms with Crippen LogP contribution in [-0.4, -0.2) is 46.7 Å². The number of carbonyl (C=O) groups excluding carboxylic acids is 3. The van der Waals surface area contributed by atoms with Gasteiger partial charge in [-0.3, -0.25) is 10.1 Å². The van der Waals surface area contributed by atoms with Crippen molar-refractivity contribution in [2.75, 3.05) is 24.9 Å². The van der Waals surface area contributed by atoms with E-state index in [2.05, 4.69) is 30.4 Å². The van der Waals surface area contributed by atoms with Crippen molar-refractivity contribution in [2.45, 2.75) is 35.5 Å². The Balaban J connectivity index is 2.01. The lowest BCUT2D eigenvalue weighted by molar-refractivity contribution is -0.119. The van der Waals surface area contributed by atoms with Gasteiger partial charge in [0, 0.05) is 5.92 Å². The largest absolute Gasteiger partial charge is 0.453 e. The van der Waals surface area contributed by atoms with Gasteiger partial charge in [0.25, 0.3) is 0 Å². The zero-order valence-electron chi connectivity index (χ0n) is 19.2. The quantitative estimate of drug-likeness (QED) is 0.415. The first-order chi connectivity index (χ1) is 16.7. The number of ether oxygens (including phenoxy) is 2. The second-order valence-electron chi connectivity index (χ2n) is 7.67. The molecular weight excluding hydrogens is 476 g/mol. The molecule has 3 N–H and O–H groups in total. The van der Waals surface area contributed by atoms with E-state index in [1.54, 1.807) is 18.2 Å². The Morgan fingerprint density at radius 1 is 0.886 bits per heavy atom. The first kappa shape index (κ1) is 25.7. The number of carbonyl (C=O) groups is 3. The summed E-state index contributed by atoms with van der Waals surface area (Å²) in [6.45, 7) is 0. The third-order valence-electron chi connectivity index (χ3n) is 5.38. The van der Waals surface area contributed by atoms with Crippen molar-refractivity contribution < 1.29 is 32.3 Å². The standard InChI is InChI=1S/C23H26N4O7S/c1-33-22(29)26-21(27-23(30)34-2)25-18-13-12-17(35(31,32)16-10-4-3-5-11-16)14-19(18)24-20(28)15-8-6-7-9-15/h3-5,10-15H,6-9H2,1-2H3,(H,24,28)(H2,25,26,27,29,30). The van der Waals surface area contributed by atoms with Gasteiger partial charge >= 0.3 is 12.2 Å². The minimum atomic E-state index is -3.88. The normalized spacial score (nSPS) is 14.2. The molecule has 0 spiro atoms. The second-order valence-corrected chi connectivity index (χ2v) is 9.62. The van der Waals surface area contributed by atoms with Gasteiger partial charge in [-0.15, -0.1) is 4.99 Å². The number of amides is 3. The van der Waals surface area contributed by atoms with Gasteiger partial charge in [0.1, 0.15) is 0 Å². The number of benzene rings is 2. The minimum Gasteiger partial charge on any atom is -0.453 e. The van der Waals surface area contributed by atoms with E-state index < -0.39 is 22.0 Å². The number of alkyl carbamates (subject to hydrolysis) is 1. The highest BCUT2D eigenvalue weighted by Gasteiger charge is 2.25. The van der Waals surface area contributed by atoms with E-state index >= 15 is 0 Å². The number of hydrogen-bond acceptors (Lipinski definition) is 7. The maximum atomic E-state index is 13.1. The molecule has 3 rings (SSSR count). The highest BCUT2D eigenvalue weighted by Crippen LogP contribution is 2.31. The number of anilines is 2. The van der Waals surface area contributed by atoms with Crippen LogP contribution in [0.4, 0.5) is 21.0 Å². The number of aliphatic imine (C=N–C) groups is 1. The summed E-state index contributed by atoms with van der Waals surface area (Å²) in [5.41, 5.74) is 0.311. The third-order valence-corrected chi connectivity index (χ3v) is 7.14. The Kier molecular flexibility index (Phi) is 8.42. The minimum absolute atomic E-state index is 0.0524. The Morgan fingerprint density at radius 2 is 1.57 bits per heavy atom. The molecule has 1 saturated carbocycles. The van der Waals surface area contributed by atoms with Gasteiger partial charge in [-0.05, 0) is 43.2 Å². The molecule has 0 heterocycles. The molecule has 0 atom stereocenters. The molecule has 35 heavy (non-hydrogen) atoms. The van der Waals surface area contributed by atoms with Crippen LogP contribution in [0.25, 0.3) is 0 Å². The van der Waals surface area contributed by atoms with Crippen molar-refractivity contribution in [2.24, 2.45) is 10.9 Å². The molecule has 2 aromatic rings. The first-order valence-corrected chi connectivity index (χ1v) is 12.3. The summed E-state index contributed by atoms with van der Waals surface area (Å²) in [6, 6.07) is 11.9. The molecule has 3 amide bonds. The Labute approximate surface area is 202 Å². The Bertz CT molecular complexity index is 1220. The summed E-state index contributed by atoms with van der Waals surface area (Å²) < 4.78 is 35.3. The molecule has 0 unspecified atom stereocenters. The zero-order chi connectivity index (χ0) is 25.4. The molecule has 12 heteroatoms. The fraction of sp³-hybridized carbons (Fsp3) is 0.304. The molecule has 11 nitrogen and oxygen atoms in total. The maximum Gasteiger partial charge on any atom is 0.436 e. The molecule has 0 aromatic heterocycles. The van der Waals surface area contributed by atoms with Gasteiger partial charge in [0.2, 0.25) is 21.7 Å². The second kappa shape index (κ2) is 11.5. The van der Waals surface area contributed by atoms with Crippen molar-refractivity contribution in [3.05, 3.63) is 48.5 Å². The fourth-order valence-corrected chi connectivity index (χ4v) is 4.87. The predicted molar refractivity (Wildman–Crippen MR) is 128 cm³/mol. The van der Waals surface area contributed by atoms with Gasteiger partial charge in [-0.1, -0.05) is 31.0 Å². The lowest BCUT2D eigenvalue weighted by Gasteiger charge is -2.18. The summed E-state index contributed by atoms with van der Waals surface area (Å²) in [6.07, 6.45) is 1.41. The smallest absolute Gasteiger partial charge is 0.436 e. The number of guanidine groups is 1. The molecule has 1 aliphatic rings. The summed E-state index contributed by atoms with van der Waals surface area (Å²) >= 11 is 0. The first-order valence-electron chi connectivity index (χ1n) is 10.8. The molecule has 1 fully saturated rings. The molecule has 0 saturated heterocycles. The van der Waals surface area contributed by atoms with E-state index in [1.165, 1.54) is 30.3 Å². The Hall–Kier alpha value is -3.93. The van der Waals surface area contributed by atoms with Crippen LogP contribution in [0, 0.1) is 5.92 Å². The lowest BCUT2D eigenvalue weighted by Crippen LogP contribution is -2.37. The maximum absolute atomic E-state index is 13.1. The summed E-state index contributed by atoms with van der Waals surface area (Å²) in [4.78, 5) is 39.9. The number of hydrogen-bond donors (Lipinski definition) is 3. The van der Waals surface area contributed by atoms with Crippen LogP contribution in [0.1, 0.15) is 25.7 Å². The van der Waals surface area contributed by atoms with Gasteiger partial charge in [0.15, 0.2) is 0 Å². The van der Waals surface area contributed by atoms with E-state index in [4.69, 9.17) is 0 Å². The van der Waals surface area contributed by atoms with E-state index in [0.29, 0.717) is 0 Å². The van der Waals surface area contributed by atoms with E-state index in [9.17, 15) is 22.8 Å². The van der Waals surface area contributed by atoms with Crippen LogP contribution in [-0.2, 0) is 24.1 Å². The van der Waals surface area contributed by atoms with Gasteiger partial charge < -0.3 is 20.1 Å². The van der Waals surface area contributed by atoms with Crippen molar-refractivity contribution in [1.29, 1.82) is 0 Å². The molecule has 0 radical (unpaired) electrons. The lowest BCUT2D eigenvalue weighted by atomic mass is 10.1. The molecule has 0 aliphatic heterocycles.